The fraction of sp³-hybridized carbons (Fsp3) is 0.429. The molecule has 0 aliphatic carbocycles. The summed E-state index contributed by atoms with van der Waals surface area (Å²) in [6.45, 7) is 3.16. The number of nitrogens with one attached hydrogen (secondary N) is 1. The zero-order chi connectivity index (χ0) is 19.1. The Morgan fingerprint density at radius 3 is 2.44 bits per heavy atom. The number of furan rings is 1. The maximum Gasteiger partial charge on any atom is 0.233 e. The van der Waals surface area contributed by atoms with E-state index in [1.165, 1.54) is 5.56 Å². The van der Waals surface area contributed by atoms with Crippen molar-refractivity contribution in [1.29, 1.82) is 0 Å². The van der Waals surface area contributed by atoms with Gasteiger partial charge in [0.15, 0.2) is 0 Å². The Balaban J connectivity index is 1.58. The third-order valence-corrected chi connectivity index (χ3v) is 5.06. The summed E-state index contributed by atoms with van der Waals surface area (Å²) in [4.78, 5) is 28.4. The average Bonchev–Trinajstić information content (AvgIpc) is 3.23. The molecule has 1 aromatic heterocycles. The largest absolute Gasteiger partial charge is 0.469 e. The first kappa shape index (κ1) is 19.2. The van der Waals surface area contributed by atoms with Crippen LogP contribution < -0.4 is 5.32 Å². The second-order valence-corrected chi connectivity index (χ2v) is 6.94. The summed E-state index contributed by atoms with van der Waals surface area (Å²) < 4.78 is 5.61. The standard InChI is InChI=1S/C21H27N3O3/c1-22-20(25)16-23-9-11-24(12-10-23)21(26)15-18(19-8-5-13-27-19)14-17-6-3-2-4-7-17/h2-8,13,18H,9-12,14-16H2,1H3,(H,22,25)/t18-/m0/s1. The Morgan fingerprint density at radius 1 is 1.07 bits per heavy atom. The van der Waals surface area contributed by atoms with E-state index < -0.39 is 0 Å². The van der Waals surface area contributed by atoms with Gasteiger partial charge in [-0.25, -0.2) is 0 Å². The van der Waals surface area contributed by atoms with Gasteiger partial charge in [-0.1, -0.05) is 30.3 Å². The first-order valence-corrected chi connectivity index (χ1v) is 9.43. The topological polar surface area (TPSA) is 65.8 Å². The molecule has 2 amide bonds. The summed E-state index contributed by atoms with van der Waals surface area (Å²) in [6.07, 6.45) is 2.87. The molecule has 1 fully saturated rings. The minimum Gasteiger partial charge on any atom is -0.469 e. The van der Waals surface area contributed by atoms with Crippen molar-refractivity contribution >= 4 is 11.8 Å². The normalized spacial score (nSPS) is 16.1. The van der Waals surface area contributed by atoms with E-state index in [4.69, 9.17) is 4.42 Å². The fourth-order valence-electron chi connectivity index (χ4n) is 3.47. The molecular weight excluding hydrogens is 342 g/mol. The van der Waals surface area contributed by atoms with Gasteiger partial charge in [0.2, 0.25) is 11.8 Å². The Hall–Kier alpha value is -2.60. The summed E-state index contributed by atoms with van der Waals surface area (Å²) in [5, 5.41) is 2.64. The quantitative estimate of drug-likeness (QED) is 0.809. The first-order chi connectivity index (χ1) is 13.2. The van der Waals surface area contributed by atoms with Gasteiger partial charge >= 0.3 is 0 Å². The van der Waals surface area contributed by atoms with Crippen LogP contribution in [0.1, 0.15) is 23.7 Å². The van der Waals surface area contributed by atoms with Crippen LogP contribution in [-0.4, -0.2) is 61.4 Å². The van der Waals surface area contributed by atoms with E-state index in [0.717, 1.165) is 25.3 Å². The SMILES string of the molecule is CNC(=O)CN1CCN(C(=O)C[C@H](Cc2ccccc2)c2ccco2)CC1. The highest BCUT2D eigenvalue weighted by Gasteiger charge is 2.26. The molecule has 144 valence electrons. The highest BCUT2D eigenvalue weighted by Crippen LogP contribution is 2.26. The monoisotopic (exact) mass is 369 g/mol. The van der Waals surface area contributed by atoms with Crippen LogP contribution in [0.2, 0.25) is 0 Å². The summed E-state index contributed by atoms with van der Waals surface area (Å²) >= 11 is 0. The molecule has 1 atom stereocenters. The molecule has 1 saturated heterocycles. The third kappa shape index (κ3) is 5.44. The van der Waals surface area contributed by atoms with Crippen molar-refractivity contribution in [1.82, 2.24) is 15.1 Å². The molecule has 1 aliphatic rings. The van der Waals surface area contributed by atoms with Crippen molar-refractivity contribution in [2.45, 2.75) is 18.8 Å². The minimum atomic E-state index is 0.00974. The Kier molecular flexibility index (Phi) is 6.65. The minimum absolute atomic E-state index is 0.00974. The second kappa shape index (κ2) is 9.37. The zero-order valence-corrected chi connectivity index (χ0v) is 15.8. The van der Waals surface area contributed by atoms with Crippen LogP contribution >= 0.6 is 0 Å². The first-order valence-electron chi connectivity index (χ1n) is 9.43. The van der Waals surface area contributed by atoms with Gasteiger partial charge in [-0.3, -0.25) is 14.5 Å². The summed E-state index contributed by atoms with van der Waals surface area (Å²) in [7, 11) is 1.64. The number of piperazine rings is 1. The number of likely N-dealkylation sites (N-methyl/N-ethyl adjacent to an activating group) is 1. The Bertz CT molecular complexity index is 722. The molecular formula is C21H27N3O3. The molecule has 2 aromatic rings. The molecule has 27 heavy (non-hydrogen) atoms. The van der Waals surface area contributed by atoms with Gasteiger partial charge in [-0.15, -0.1) is 0 Å². The molecule has 1 N–H and O–H groups in total. The van der Waals surface area contributed by atoms with Crippen molar-refractivity contribution in [3.8, 4) is 0 Å². The van der Waals surface area contributed by atoms with Gasteiger partial charge < -0.3 is 14.6 Å². The van der Waals surface area contributed by atoms with Gasteiger partial charge in [-0.05, 0) is 24.1 Å². The van der Waals surface area contributed by atoms with Crippen molar-refractivity contribution in [2.24, 2.45) is 0 Å². The lowest BCUT2D eigenvalue weighted by molar-refractivity contribution is -0.133. The fourth-order valence-corrected chi connectivity index (χ4v) is 3.47. The van der Waals surface area contributed by atoms with Gasteiger partial charge in [0.05, 0.1) is 12.8 Å². The smallest absolute Gasteiger partial charge is 0.233 e. The Morgan fingerprint density at radius 2 is 1.81 bits per heavy atom. The van der Waals surface area contributed by atoms with Crippen molar-refractivity contribution < 1.29 is 14.0 Å². The van der Waals surface area contributed by atoms with Crippen LogP contribution in [0, 0.1) is 0 Å². The number of amides is 2. The Labute approximate surface area is 160 Å². The van der Waals surface area contributed by atoms with E-state index in [0.29, 0.717) is 26.1 Å². The number of nitrogens with zero attached hydrogens (tertiary/aromatic N) is 2. The maximum atomic E-state index is 12.9. The van der Waals surface area contributed by atoms with Crippen LogP contribution in [0.5, 0.6) is 0 Å². The highest BCUT2D eigenvalue weighted by atomic mass is 16.3. The number of hydrogen-bond acceptors (Lipinski definition) is 4. The van der Waals surface area contributed by atoms with Gasteiger partial charge in [0.1, 0.15) is 5.76 Å². The molecule has 6 nitrogen and oxygen atoms in total. The number of carbonyl (C=O) groups is 2. The van der Waals surface area contributed by atoms with E-state index >= 15 is 0 Å². The molecule has 0 spiro atoms. The van der Waals surface area contributed by atoms with Gasteiger partial charge in [0, 0.05) is 45.6 Å². The van der Waals surface area contributed by atoms with E-state index in [9.17, 15) is 9.59 Å². The van der Waals surface area contributed by atoms with E-state index in [1.54, 1.807) is 13.3 Å². The maximum absolute atomic E-state index is 12.9. The molecule has 6 heteroatoms. The van der Waals surface area contributed by atoms with Crippen LogP contribution in [0.25, 0.3) is 0 Å². The van der Waals surface area contributed by atoms with Crippen LogP contribution in [0.4, 0.5) is 0 Å². The molecule has 0 unspecified atom stereocenters. The molecule has 1 aliphatic heterocycles. The van der Waals surface area contributed by atoms with Gasteiger partial charge in [-0.2, -0.15) is 0 Å². The zero-order valence-electron chi connectivity index (χ0n) is 15.8. The van der Waals surface area contributed by atoms with Crippen molar-refractivity contribution in [3.63, 3.8) is 0 Å². The van der Waals surface area contributed by atoms with E-state index in [2.05, 4.69) is 22.3 Å². The summed E-state index contributed by atoms with van der Waals surface area (Å²) in [6, 6.07) is 14.0. The van der Waals surface area contributed by atoms with Crippen molar-refractivity contribution in [2.75, 3.05) is 39.8 Å². The van der Waals surface area contributed by atoms with E-state index in [1.807, 2.05) is 35.2 Å². The molecule has 0 bridgehead atoms. The lowest BCUT2D eigenvalue weighted by Crippen LogP contribution is -2.51. The molecule has 2 heterocycles. The number of rotatable bonds is 7. The molecule has 0 saturated carbocycles. The lowest BCUT2D eigenvalue weighted by Gasteiger charge is -2.34. The molecule has 0 radical (unpaired) electrons. The highest BCUT2D eigenvalue weighted by molar-refractivity contribution is 5.78. The average molecular weight is 369 g/mol. The number of benzene rings is 1. The lowest BCUT2D eigenvalue weighted by atomic mass is 9.93. The number of carbonyl (C=O) groups excluding carboxylic acids is 2. The van der Waals surface area contributed by atoms with E-state index in [-0.39, 0.29) is 17.7 Å². The summed E-state index contributed by atoms with van der Waals surface area (Å²) in [5.41, 5.74) is 1.20. The van der Waals surface area contributed by atoms with Crippen LogP contribution in [0.15, 0.2) is 53.1 Å². The predicted molar refractivity (Wildman–Crippen MR) is 103 cm³/mol. The summed E-state index contributed by atoms with van der Waals surface area (Å²) in [5.74, 6) is 1.03. The molecule has 1 aromatic carbocycles. The van der Waals surface area contributed by atoms with Crippen LogP contribution in [0.3, 0.4) is 0 Å². The second-order valence-electron chi connectivity index (χ2n) is 6.94. The van der Waals surface area contributed by atoms with Crippen molar-refractivity contribution in [3.05, 3.63) is 60.1 Å². The molecule has 3 rings (SSSR count). The number of hydrogen-bond donors (Lipinski definition) is 1. The predicted octanol–water partition coefficient (Wildman–Crippen LogP) is 1.89. The third-order valence-electron chi connectivity index (χ3n) is 5.06. The van der Waals surface area contributed by atoms with Gasteiger partial charge in [0.25, 0.3) is 0 Å². The van der Waals surface area contributed by atoms with Crippen LogP contribution in [-0.2, 0) is 16.0 Å².